The first kappa shape index (κ1) is 18.0. The van der Waals surface area contributed by atoms with Gasteiger partial charge in [-0.2, -0.15) is 0 Å². The molecule has 4 rings (SSSR count). The molecule has 2 aliphatic rings. The summed E-state index contributed by atoms with van der Waals surface area (Å²) >= 11 is 18.8. The molecule has 0 saturated heterocycles. The fraction of sp³-hybridized carbons (Fsp3) is 0.105. The minimum absolute atomic E-state index is 0.442. The van der Waals surface area contributed by atoms with Crippen LogP contribution in [-0.2, 0) is 6.54 Å². The van der Waals surface area contributed by atoms with Gasteiger partial charge in [0.1, 0.15) is 6.33 Å². The zero-order chi connectivity index (χ0) is 19.0. The first-order chi connectivity index (χ1) is 13.0. The maximum Gasteiger partial charge on any atom is 0.165 e. The normalized spacial score (nSPS) is 11.1. The van der Waals surface area contributed by atoms with Crippen molar-refractivity contribution in [1.29, 1.82) is 0 Å². The van der Waals surface area contributed by atoms with E-state index in [4.69, 9.17) is 34.8 Å². The molecule has 0 atom stereocenters. The van der Waals surface area contributed by atoms with E-state index in [2.05, 4.69) is 20.3 Å². The second kappa shape index (κ2) is 7.35. The summed E-state index contributed by atoms with van der Waals surface area (Å²) in [6.07, 6.45) is 3.20. The van der Waals surface area contributed by atoms with E-state index in [-0.39, 0.29) is 0 Å². The summed E-state index contributed by atoms with van der Waals surface area (Å²) in [6, 6.07) is 11.1. The second-order valence-corrected chi connectivity index (χ2v) is 7.23. The highest BCUT2D eigenvalue weighted by molar-refractivity contribution is 6.36. The van der Waals surface area contributed by atoms with Gasteiger partial charge < -0.3 is 9.88 Å². The Labute approximate surface area is 171 Å². The molecule has 0 fully saturated rings. The average molecular weight is 419 g/mol. The molecule has 5 nitrogen and oxygen atoms in total. The van der Waals surface area contributed by atoms with E-state index in [1.165, 1.54) is 6.33 Å². The molecular weight excluding hydrogens is 405 g/mol. The Morgan fingerprint density at radius 2 is 1.63 bits per heavy atom. The third kappa shape index (κ3) is 3.46. The molecule has 0 bridgehead atoms. The molecule has 0 radical (unpaired) electrons. The van der Waals surface area contributed by atoms with Crippen molar-refractivity contribution < 1.29 is 0 Å². The van der Waals surface area contributed by atoms with Gasteiger partial charge in [0.2, 0.25) is 0 Å². The molecule has 0 amide bonds. The number of hydrogen-bond acceptors (Lipinski definition) is 4. The van der Waals surface area contributed by atoms with Crippen LogP contribution >= 0.6 is 34.8 Å². The van der Waals surface area contributed by atoms with Gasteiger partial charge in [-0.25, -0.2) is 15.0 Å². The van der Waals surface area contributed by atoms with Crippen LogP contribution in [0.25, 0.3) is 11.5 Å². The summed E-state index contributed by atoms with van der Waals surface area (Å²) in [5, 5.41) is 5.17. The lowest BCUT2D eigenvalue weighted by molar-refractivity contribution is 0.762. The van der Waals surface area contributed by atoms with Gasteiger partial charge in [-0.3, -0.25) is 0 Å². The number of hydrogen-bond donors (Lipinski definition) is 1. The highest BCUT2D eigenvalue weighted by atomic mass is 35.5. The van der Waals surface area contributed by atoms with Crippen molar-refractivity contribution in [2.75, 3.05) is 5.32 Å². The van der Waals surface area contributed by atoms with Gasteiger partial charge in [0.15, 0.2) is 17.3 Å². The molecule has 27 heavy (non-hydrogen) atoms. The Bertz CT molecular complexity index is 1070. The minimum Gasteiger partial charge on any atom is -0.338 e. The molecule has 0 aliphatic carbocycles. The third-order valence-corrected chi connectivity index (χ3v) is 5.43. The minimum atomic E-state index is 0.442. The Hall–Kier alpha value is -2.34. The van der Waals surface area contributed by atoms with Gasteiger partial charge in [0.25, 0.3) is 0 Å². The van der Waals surface area contributed by atoms with E-state index < -0.39 is 0 Å². The van der Waals surface area contributed by atoms with E-state index in [1.807, 2.05) is 47.9 Å². The Morgan fingerprint density at radius 3 is 2.41 bits per heavy atom. The number of imidazole rings is 1. The molecule has 8 heteroatoms. The van der Waals surface area contributed by atoms with Gasteiger partial charge in [0, 0.05) is 26.3 Å². The highest BCUT2D eigenvalue weighted by Gasteiger charge is 2.19. The van der Waals surface area contributed by atoms with Crippen LogP contribution in [0.3, 0.4) is 0 Å². The lowest BCUT2D eigenvalue weighted by atomic mass is 10.2. The number of benzene rings is 2. The number of aromatic nitrogens is 4. The standard InChI is InChI=1S/C19H14Cl3N5/c1-11-13(20)4-3-7-16(11)26-18-17-19(24-9-23-17)27(10-25-18)8-12-14(21)5-2-6-15(12)22/h2-7,9-10,26H,8H2,1H3. The molecule has 2 heterocycles. The topological polar surface area (TPSA) is 55.6 Å². The fourth-order valence-corrected chi connectivity index (χ4v) is 3.50. The predicted octanol–water partition coefficient (Wildman–Crippen LogP) is 5.84. The molecule has 0 spiro atoms. The van der Waals surface area contributed by atoms with Crippen LogP contribution in [0.4, 0.5) is 11.5 Å². The van der Waals surface area contributed by atoms with Crippen LogP contribution in [0.5, 0.6) is 0 Å². The summed E-state index contributed by atoms with van der Waals surface area (Å²) in [6.45, 7) is 2.39. The van der Waals surface area contributed by atoms with Crippen LogP contribution in [0.2, 0.25) is 15.1 Å². The van der Waals surface area contributed by atoms with E-state index in [0.29, 0.717) is 38.9 Å². The van der Waals surface area contributed by atoms with Gasteiger partial charge in [-0.15, -0.1) is 0 Å². The first-order valence-corrected chi connectivity index (χ1v) is 9.29. The largest absolute Gasteiger partial charge is 0.338 e. The van der Waals surface area contributed by atoms with Crippen LogP contribution < -0.4 is 5.32 Å². The number of halogens is 3. The molecule has 1 N–H and O–H groups in total. The van der Waals surface area contributed by atoms with Crippen molar-refractivity contribution in [3.63, 3.8) is 0 Å². The van der Waals surface area contributed by atoms with Crippen molar-refractivity contribution >= 4 is 46.3 Å². The SMILES string of the molecule is Cc1c(Cl)cccc1Nc1ncn(Cc2c(Cl)cccc2Cl)c2ncnc1-2. The number of anilines is 2. The fourth-order valence-electron chi connectivity index (χ4n) is 2.81. The highest BCUT2D eigenvalue weighted by Crippen LogP contribution is 2.32. The third-order valence-electron chi connectivity index (χ3n) is 4.31. The zero-order valence-electron chi connectivity index (χ0n) is 14.2. The Kier molecular flexibility index (Phi) is 4.91. The summed E-state index contributed by atoms with van der Waals surface area (Å²) in [5.74, 6) is 1.29. The van der Waals surface area contributed by atoms with E-state index in [9.17, 15) is 0 Å². The number of nitrogens with one attached hydrogen (secondary N) is 1. The lowest BCUT2D eigenvalue weighted by Gasteiger charge is -2.16. The second-order valence-electron chi connectivity index (χ2n) is 6.00. The predicted molar refractivity (Wildman–Crippen MR) is 109 cm³/mol. The lowest BCUT2D eigenvalue weighted by Crippen LogP contribution is -2.10. The first-order valence-electron chi connectivity index (χ1n) is 8.15. The summed E-state index contributed by atoms with van der Waals surface area (Å²) < 4.78 is 1.87. The molecule has 0 aromatic heterocycles. The number of rotatable bonds is 4. The number of nitrogens with zero attached hydrogens (tertiary/aromatic N) is 4. The summed E-state index contributed by atoms with van der Waals surface area (Å²) in [7, 11) is 0. The van der Waals surface area contributed by atoms with Gasteiger partial charge in [-0.1, -0.05) is 46.9 Å². The molecular formula is C19H14Cl3N5. The quantitative estimate of drug-likeness (QED) is 0.452. The monoisotopic (exact) mass is 417 g/mol. The van der Waals surface area contributed by atoms with E-state index in [0.717, 1.165) is 16.8 Å². The smallest absolute Gasteiger partial charge is 0.165 e. The molecule has 0 saturated carbocycles. The summed E-state index contributed by atoms with van der Waals surface area (Å²) in [4.78, 5) is 13.3. The Balaban J connectivity index is 1.71. The van der Waals surface area contributed by atoms with Crippen LogP contribution in [0.15, 0.2) is 49.1 Å². The van der Waals surface area contributed by atoms with Crippen LogP contribution in [-0.4, -0.2) is 19.5 Å². The molecule has 2 aliphatic heterocycles. The maximum absolute atomic E-state index is 6.30. The van der Waals surface area contributed by atoms with E-state index in [1.54, 1.807) is 6.33 Å². The molecule has 2 aromatic rings. The van der Waals surface area contributed by atoms with Crippen molar-refractivity contribution in [3.05, 3.63) is 75.2 Å². The molecule has 0 unspecified atom stereocenters. The average Bonchev–Trinajstić information content (AvgIpc) is 3.14. The van der Waals surface area contributed by atoms with Crippen molar-refractivity contribution in [3.8, 4) is 11.5 Å². The van der Waals surface area contributed by atoms with Crippen molar-refractivity contribution in [2.24, 2.45) is 0 Å². The van der Waals surface area contributed by atoms with Crippen LogP contribution in [0, 0.1) is 6.92 Å². The van der Waals surface area contributed by atoms with Crippen LogP contribution in [0.1, 0.15) is 11.1 Å². The molecule has 136 valence electrons. The van der Waals surface area contributed by atoms with Gasteiger partial charge in [-0.05, 0) is 36.8 Å². The summed E-state index contributed by atoms with van der Waals surface area (Å²) in [5.41, 5.74) is 3.27. The van der Waals surface area contributed by atoms with Gasteiger partial charge in [0.05, 0.1) is 12.9 Å². The Morgan fingerprint density at radius 1 is 0.926 bits per heavy atom. The van der Waals surface area contributed by atoms with E-state index >= 15 is 0 Å². The van der Waals surface area contributed by atoms with Gasteiger partial charge >= 0.3 is 0 Å². The number of fused-ring (bicyclic) bond motifs is 1. The van der Waals surface area contributed by atoms with Crippen molar-refractivity contribution in [1.82, 2.24) is 19.5 Å². The van der Waals surface area contributed by atoms with Crippen molar-refractivity contribution in [2.45, 2.75) is 13.5 Å². The molecule has 2 aromatic carbocycles. The zero-order valence-corrected chi connectivity index (χ0v) is 16.5. The maximum atomic E-state index is 6.30.